The van der Waals surface area contributed by atoms with Gasteiger partial charge in [0, 0.05) is 24.7 Å². The Balaban J connectivity index is 0.00000131. The first-order valence-corrected chi connectivity index (χ1v) is 9.19. The molecule has 1 saturated heterocycles. The third kappa shape index (κ3) is 5.93. The predicted molar refractivity (Wildman–Crippen MR) is 122 cm³/mol. The quantitative estimate of drug-likeness (QED) is 0.591. The molecule has 0 spiro atoms. The van der Waals surface area contributed by atoms with Crippen molar-refractivity contribution in [3.8, 4) is 10.7 Å². The van der Waals surface area contributed by atoms with E-state index in [0.717, 1.165) is 54.0 Å². The summed E-state index contributed by atoms with van der Waals surface area (Å²) < 4.78 is 0. The summed E-state index contributed by atoms with van der Waals surface area (Å²) in [5.41, 5.74) is 1.94. The fourth-order valence-corrected chi connectivity index (χ4v) is 3.48. The highest BCUT2D eigenvalue weighted by Gasteiger charge is 2.17. The zero-order valence-electron chi connectivity index (χ0n) is 14.9. The Morgan fingerprint density at radius 2 is 1.79 bits per heavy atom. The van der Waals surface area contributed by atoms with Gasteiger partial charge in [-0.2, -0.15) is 0 Å². The summed E-state index contributed by atoms with van der Waals surface area (Å²) in [5.74, 6) is 1.50. The van der Waals surface area contributed by atoms with E-state index in [1.54, 1.807) is 17.5 Å². The number of hydrogen-bond donors (Lipinski definition) is 2. The van der Waals surface area contributed by atoms with Crippen LogP contribution < -0.4 is 10.2 Å². The lowest BCUT2D eigenvalue weighted by atomic mass is 10.1. The Hall–Kier alpha value is -1.64. The van der Waals surface area contributed by atoms with Gasteiger partial charge >= 0.3 is 0 Å². The number of anilines is 3. The van der Waals surface area contributed by atoms with E-state index in [0.29, 0.717) is 0 Å². The fourth-order valence-electron chi connectivity index (χ4n) is 2.88. The van der Waals surface area contributed by atoms with Crippen LogP contribution in [-0.4, -0.2) is 39.3 Å². The number of hydrogen-bond acceptors (Lipinski definition) is 7. The summed E-state index contributed by atoms with van der Waals surface area (Å²) in [6.45, 7) is 1.74. The molecule has 1 fully saturated rings. The monoisotopic (exact) mass is 461 g/mol. The Labute approximate surface area is 186 Å². The molecule has 0 saturated carbocycles. The van der Waals surface area contributed by atoms with Gasteiger partial charge in [0.1, 0.15) is 22.3 Å². The molecule has 0 amide bonds. The van der Waals surface area contributed by atoms with E-state index in [4.69, 9.17) is 0 Å². The number of aliphatic hydroxyl groups is 1. The minimum atomic E-state index is -0.165. The van der Waals surface area contributed by atoms with Crippen molar-refractivity contribution >= 4 is 65.9 Å². The highest BCUT2D eigenvalue weighted by Crippen LogP contribution is 2.24. The van der Waals surface area contributed by atoms with Crippen molar-refractivity contribution in [2.75, 3.05) is 23.3 Å². The van der Waals surface area contributed by atoms with E-state index < -0.39 is 0 Å². The first-order chi connectivity index (χ1) is 12.3. The van der Waals surface area contributed by atoms with Gasteiger partial charge in [0.2, 0.25) is 0 Å². The van der Waals surface area contributed by atoms with Gasteiger partial charge in [-0.15, -0.1) is 48.6 Å². The van der Waals surface area contributed by atoms with Crippen LogP contribution in [0.3, 0.4) is 0 Å². The van der Waals surface area contributed by atoms with E-state index in [9.17, 15) is 5.11 Å². The average molecular weight is 463 g/mol. The van der Waals surface area contributed by atoms with Gasteiger partial charge in [0.05, 0.1) is 18.0 Å². The smallest absolute Gasteiger partial charge is 0.141 e. The number of thiazole rings is 1. The Kier molecular flexibility index (Phi) is 9.92. The topological polar surface area (TPSA) is 74.2 Å². The fraction of sp³-hybridized carbons (Fsp3) is 0.278. The molecule has 152 valence electrons. The number of piperidine rings is 1. The minimum absolute atomic E-state index is 0. The van der Waals surface area contributed by atoms with Crippen LogP contribution in [0.15, 0.2) is 48.1 Å². The van der Waals surface area contributed by atoms with E-state index in [1.807, 2.05) is 35.8 Å². The molecule has 0 atom stereocenters. The first kappa shape index (κ1) is 24.4. The molecule has 2 N–H and O–H groups in total. The molecule has 1 aliphatic heterocycles. The third-order valence-electron chi connectivity index (χ3n) is 4.23. The molecule has 4 heterocycles. The maximum Gasteiger partial charge on any atom is 0.141 e. The lowest BCUT2D eigenvalue weighted by Crippen LogP contribution is -2.35. The van der Waals surface area contributed by atoms with E-state index >= 15 is 0 Å². The Morgan fingerprint density at radius 3 is 2.43 bits per heavy atom. The van der Waals surface area contributed by atoms with Crippen LogP contribution in [0.4, 0.5) is 17.3 Å². The van der Waals surface area contributed by atoms with Gasteiger partial charge in [-0.05, 0) is 37.1 Å². The molecule has 1 aliphatic rings. The summed E-state index contributed by atoms with van der Waals surface area (Å²) in [5, 5.41) is 15.7. The highest BCUT2D eigenvalue weighted by molar-refractivity contribution is 7.13. The number of rotatable bonds is 4. The van der Waals surface area contributed by atoms with Crippen molar-refractivity contribution < 1.29 is 5.11 Å². The van der Waals surface area contributed by atoms with E-state index in [2.05, 4.69) is 31.2 Å². The number of aromatic nitrogens is 3. The molecule has 3 aromatic heterocycles. The lowest BCUT2D eigenvalue weighted by Gasteiger charge is -2.31. The van der Waals surface area contributed by atoms with Crippen LogP contribution >= 0.6 is 48.6 Å². The normalized spacial score (nSPS) is 13.7. The summed E-state index contributed by atoms with van der Waals surface area (Å²) in [6.07, 6.45) is 5.11. The Morgan fingerprint density at radius 1 is 1.00 bits per heavy atom. The van der Waals surface area contributed by atoms with Crippen LogP contribution in [0.2, 0.25) is 0 Å². The SMILES string of the molecule is Cl.Cl.Cl.OC1CCN(c2ccc(Nc3cccc(-c4nccs4)n3)nc2)CC1. The van der Waals surface area contributed by atoms with Crippen molar-refractivity contribution in [3.63, 3.8) is 0 Å². The second-order valence-corrected chi connectivity index (χ2v) is 6.88. The number of nitrogens with zero attached hydrogens (tertiary/aromatic N) is 4. The largest absolute Gasteiger partial charge is 0.393 e. The molecule has 0 aromatic carbocycles. The molecule has 6 nitrogen and oxygen atoms in total. The van der Waals surface area contributed by atoms with Crippen molar-refractivity contribution in [2.45, 2.75) is 18.9 Å². The standard InChI is InChI=1S/C18H19N5OS.3ClH/c24-14-6-9-23(10-7-14)13-4-5-16(20-12-13)22-17-3-1-2-15(21-17)18-19-8-11-25-18;;;/h1-5,8,11-12,14,24H,6-7,9-10H2,(H,20,21,22);3*1H. The third-order valence-corrected chi connectivity index (χ3v) is 5.03. The van der Waals surface area contributed by atoms with Gasteiger partial charge < -0.3 is 15.3 Å². The van der Waals surface area contributed by atoms with Crippen LogP contribution in [-0.2, 0) is 0 Å². The van der Waals surface area contributed by atoms with Crippen LogP contribution in [0, 0.1) is 0 Å². The summed E-state index contributed by atoms with van der Waals surface area (Å²) in [6, 6.07) is 9.83. The van der Waals surface area contributed by atoms with E-state index in [-0.39, 0.29) is 43.3 Å². The number of pyridine rings is 2. The number of aliphatic hydroxyl groups excluding tert-OH is 1. The van der Waals surface area contributed by atoms with Crippen LogP contribution in [0.5, 0.6) is 0 Å². The molecule has 4 rings (SSSR count). The second-order valence-electron chi connectivity index (χ2n) is 5.99. The molecule has 0 unspecified atom stereocenters. The van der Waals surface area contributed by atoms with Crippen molar-refractivity contribution in [2.24, 2.45) is 0 Å². The number of halogens is 3. The maximum absolute atomic E-state index is 9.61. The van der Waals surface area contributed by atoms with Crippen molar-refractivity contribution in [1.82, 2.24) is 15.0 Å². The van der Waals surface area contributed by atoms with Gasteiger partial charge in [-0.1, -0.05) is 6.07 Å². The minimum Gasteiger partial charge on any atom is -0.393 e. The summed E-state index contributed by atoms with van der Waals surface area (Å²) in [4.78, 5) is 15.6. The van der Waals surface area contributed by atoms with Gasteiger partial charge in [0.15, 0.2) is 0 Å². The lowest BCUT2D eigenvalue weighted by molar-refractivity contribution is 0.145. The second kappa shape index (κ2) is 11.4. The van der Waals surface area contributed by atoms with Crippen LogP contribution in [0.1, 0.15) is 12.8 Å². The molecule has 3 aromatic rings. The molecular weight excluding hydrogens is 441 g/mol. The maximum atomic E-state index is 9.61. The molecule has 10 heteroatoms. The predicted octanol–water partition coefficient (Wildman–Crippen LogP) is 4.57. The molecule has 0 aliphatic carbocycles. The molecule has 28 heavy (non-hydrogen) atoms. The van der Waals surface area contributed by atoms with Gasteiger partial charge in [-0.3, -0.25) is 0 Å². The van der Waals surface area contributed by atoms with Gasteiger partial charge in [0.25, 0.3) is 0 Å². The first-order valence-electron chi connectivity index (χ1n) is 8.31. The van der Waals surface area contributed by atoms with Gasteiger partial charge in [-0.25, -0.2) is 15.0 Å². The zero-order chi connectivity index (χ0) is 17.1. The zero-order valence-corrected chi connectivity index (χ0v) is 18.2. The summed E-state index contributed by atoms with van der Waals surface area (Å²) >= 11 is 1.57. The molecule has 0 radical (unpaired) electrons. The Bertz CT molecular complexity index is 828. The average Bonchev–Trinajstić information content (AvgIpc) is 3.18. The number of nitrogens with one attached hydrogen (secondary N) is 1. The van der Waals surface area contributed by atoms with Crippen molar-refractivity contribution in [1.29, 1.82) is 0 Å². The summed E-state index contributed by atoms with van der Waals surface area (Å²) in [7, 11) is 0. The molecular formula is C18H22Cl3N5OS. The van der Waals surface area contributed by atoms with Crippen molar-refractivity contribution in [3.05, 3.63) is 48.1 Å². The van der Waals surface area contributed by atoms with E-state index in [1.165, 1.54) is 0 Å². The highest BCUT2D eigenvalue weighted by atomic mass is 35.5. The molecule has 0 bridgehead atoms. The van der Waals surface area contributed by atoms with Crippen LogP contribution in [0.25, 0.3) is 10.7 Å².